The highest BCUT2D eigenvalue weighted by atomic mass is 35.5. The first kappa shape index (κ1) is 13.0. The number of hydrogen-bond acceptors (Lipinski definition) is 2. The Labute approximate surface area is 106 Å². The van der Waals surface area contributed by atoms with Crippen LogP contribution in [0, 0.1) is 0 Å². The van der Waals surface area contributed by atoms with E-state index in [0.29, 0.717) is 0 Å². The summed E-state index contributed by atoms with van der Waals surface area (Å²) in [6, 6.07) is 3.96. The van der Waals surface area contributed by atoms with Crippen molar-refractivity contribution in [1.82, 2.24) is 5.32 Å². The molecule has 3 N–H and O–H groups in total. The van der Waals surface area contributed by atoms with E-state index in [9.17, 15) is 18.0 Å². The van der Waals surface area contributed by atoms with Crippen LogP contribution >= 0.6 is 11.6 Å². The van der Waals surface area contributed by atoms with Crippen LogP contribution in [0.5, 0.6) is 0 Å². The molecule has 0 heterocycles. The molecule has 0 aliphatic heterocycles. The van der Waals surface area contributed by atoms with E-state index in [1.807, 2.05) is 5.32 Å². The SMILES string of the molecule is Nc1ccc(C(=O)NC2(C(F)(F)F)CC2)cc1Cl. The Bertz CT molecular complexity index is 498. The fraction of sp³-hybridized carbons (Fsp3) is 0.364. The maximum absolute atomic E-state index is 12.7. The van der Waals surface area contributed by atoms with Gasteiger partial charge in [-0.05, 0) is 31.0 Å². The van der Waals surface area contributed by atoms with Gasteiger partial charge in [-0.1, -0.05) is 11.6 Å². The number of nitrogens with one attached hydrogen (secondary N) is 1. The molecule has 1 aliphatic rings. The summed E-state index contributed by atoms with van der Waals surface area (Å²) in [5.41, 5.74) is 3.71. The molecule has 98 valence electrons. The van der Waals surface area contributed by atoms with Crippen molar-refractivity contribution >= 4 is 23.2 Å². The van der Waals surface area contributed by atoms with Crippen molar-refractivity contribution < 1.29 is 18.0 Å². The summed E-state index contributed by atoms with van der Waals surface area (Å²) in [5, 5.41) is 2.15. The number of nitrogen functional groups attached to an aromatic ring is 1. The van der Waals surface area contributed by atoms with Gasteiger partial charge in [0.15, 0.2) is 0 Å². The maximum Gasteiger partial charge on any atom is 0.411 e. The predicted octanol–water partition coefficient (Wildman–Crippen LogP) is 2.75. The number of nitrogens with two attached hydrogens (primary N) is 1. The first-order valence-electron chi connectivity index (χ1n) is 5.19. The van der Waals surface area contributed by atoms with E-state index < -0.39 is 17.6 Å². The maximum atomic E-state index is 12.7. The second-order valence-corrected chi connectivity index (χ2v) is 4.68. The van der Waals surface area contributed by atoms with Crippen LogP contribution in [0.25, 0.3) is 0 Å². The fourth-order valence-electron chi connectivity index (χ4n) is 1.56. The zero-order valence-electron chi connectivity index (χ0n) is 9.14. The molecule has 0 saturated heterocycles. The minimum atomic E-state index is -4.43. The number of anilines is 1. The molecular weight excluding hydrogens is 269 g/mol. The zero-order chi connectivity index (χ0) is 13.6. The Morgan fingerprint density at radius 1 is 1.39 bits per heavy atom. The molecule has 1 saturated carbocycles. The van der Waals surface area contributed by atoms with Crippen LogP contribution in [-0.2, 0) is 0 Å². The molecule has 0 atom stereocenters. The average molecular weight is 279 g/mol. The van der Waals surface area contributed by atoms with Crippen LogP contribution < -0.4 is 11.1 Å². The van der Waals surface area contributed by atoms with Crippen molar-refractivity contribution in [3.63, 3.8) is 0 Å². The third kappa shape index (κ3) is 2.25. The van der Waals surface area contributed by atoms with Crippen LogP contribution in [0.1, 0.15) is 23.2 Å². The van der Waals surface area contributed by atoms with Gasteiger partial charge in [0, 0.05) is 5.56 Å². The number of amides is 1. The molecule has 1 fully saturated rings. The number of alkyl halides is 3. The molecule has 18 heavy (non-hydrogen) atoms. The van der Waals surface area contributed by atoms with Gasteiger partial charge in [0.1, 0.15) is 5.54 Å². The van der Waals surface area contributed by atoms with Gasteiger partial charge in [-0.2, -0.15) is 13.2 Å². The molecule has 1 amide bonds. The topological polar surface area (TPSA) is 55.1 Å². The highest BCUT2D eigenvalue weighted by Crippen LogP contribution is 2.49. The molecule has 1 aromatic carbocycles. The number of carbonyl (C=O) groups excluding carboxylic acids is 1. The molecule has 3 nitrogen and oxygen atoms in total. The summed E-state index contributed by atoms with van der Waals surface area (Å²) in [5.74, 6) is -0.799. The van der Waals surface area contributed by atoms with Gasteiger partial charge in [-0.25, -0.2) is 0 Å². The van der Waals surface area contributed by atoms with Gasteiger partial charge in [-0.3, -0.25) is 4.79 Å². The number of carbonyl (C=O) groups is 1. The minimum absolute atomic E-state index is 0.0599. The molecule has 0 unspecified atom stereocenters. The quantitative estimate of drug-likeness (QED) is 0.817. The fourth-order valence-corrected chi connectivity index (χ4v) is 1.74. The van der Waals surface area contributed by atoms with E-state index in [2.05, 4.69) is 0 Å². The highest BCUT2D eigenvalue weighted by Gasteiger charge is 2.64. The molecule has 0 aromatic heterocycles. The van der Waals surface area contributed by atoms with E-state index in [0.717, 1.165) is 0 Å². The first-order valence-corrected chi connectivity index (χ1v) is 5.57. The van der Waals surface area contributed by atoms with E-state index in [1.165, 1.54) is 18.2 Å². The van der Waals surface area contributed by atoms with Crippen LogP contribution in [0.2, 0.25) is 5.02 Å². The molecule has 1 aliphatic carbocycles. The monoisotopic (exact) mass is 278 g/mol. The van der Waals surface area contributed by atoms with Gasteiger partial charge >= 0.3 is 6.18 Å². The second-order valence-electron chi connectivity index (χ2n) is 4.27. The third-order valence-corrected chi connectivity index (χ3v) is 3.24. The van der Waals surface area contributed by atoms with E-state index in [4.69, 9.17) is 17.3 Å². The van der Waals surface area contributed by atoms with Crippen LogP contribution in [-0.4, -0.2) is 17.6 Å². The van der Waals surface area contributed by atoms with Gasteiger partial charge in [0.2, 0.25) is 0 Å². The van der Waals surface area contributed by atoms with Crippen molar-refractivity contribution in [3.05, 3.63) is 28.8 Å². The lowest BCUT2D eigenvalue weighted by Crippen LogP contribution is -2.47. The van der Waals surface area contributed by atoms with E-state index in [1.54, 1.807) is 0 Å². The second kappa shape index (κ2) is 4.05. The average Bonchev–Trinajstić information content (AvgIpc) is 3.02. The lowest BCUT2D eigenvalue weighted by Gasteiger charge is -2.20. The van der Waals surface area contributed by atoms with Crippen molar-refractivity contribution in [2.75, 3.05) is 5.73 Å². The molecule has 2 rings (SSSR count). The van der Waals surface area contributed by atoms with Crippen molar-refractivity contribution in [1.29, 1.82) is 0 Å². The van der Waals surface area contributed by atoms with Gasteiger partial charge in [-0.15, -0.1) is 0 Å². The minimum Gasteiger partial charge on any atom is -0.398 e. The summed E-state index contributed by atoms with van der Waals surface area (Å²) in [4.78, 5) is 11.7. The number of hydrogen-bond donors (Lipinski definition) is 2. The summed E-state index contributed by atoms with van der Waals surface area (Å²) >= 11 is 5.71. The lowest BCUT2D eigenvalue weighted by atomic mass is 10.1. The highest BCUT2D eigenvalue weighted by molar-refractivity contribution is 6.33. The smallest absolute Gasteiger partial charge is 0.398 e. The van der Waals surface area contributed by atoms with Crippen molar-refractivity contribution in [3.8, 4) is 0 Å². The molecule has 1 aromatic rings. The number of halogens is 4. The van der Waals surface area contributed by atoms with E-state index >= 15 is 0 Å². The predicted molar refractivity (Wildman–Crippen MR) is 61.4 cm³/mol. The molecule has 0 spiro atoms. The Morgan fingerprint density at radius 2 is 2.00 bits per heavy atom. The summed E-state index contributed by atoms with van der Waals surface area (Å²) < 4.78 is 38.0. The van der Waals surface area contributed by atoms with Crippen LogP contribution in [0.4, 0.5) is 18.9 Å². The van der Waals surface area contributed by atoms with Gasteiger partial charge in [0.25, 0.3) is 5.91 Å². The number of benzene rings is 1. The van der Waals surface area contributed by atoms with Gasteiger partial charge < -0.3 is 11.1 Å². The van der Waals surface area contributed by atoms with Crippen molar-refractivity contribution in [2.45, 2.75) is 24.6 Å². The van der Waals surface area contributed by atoms with Crippen molar-refractivity contribution in [2.24, 2.45) is 0 Å². The lowest BCUT2D eigenvalue weighted by molar-refractivity contribution is -0.163. The largest absolute Gasteiger partial charge is 0.411 e. The summed E-state index contributed by atoms with van der Waals surface area (Å²) in [6.45, 7) is 0. The Balaban J connectivity index is 2.16. The van der Waals surface area contributed by atoms with Crippen LogP contribution in [0.15, 0.2) is 18.2 Å². The normalized spacial score (nSPS) is 17.3. The Hall–Kier alpha value is -1.43. The Morgan fingerprint density at radius 3 is 2.44 bits per heavy atom. The molecule has 0 radical (unpaired) electrons. The summed E-state index contributed by atoms with van der Waals surface area (Å²) in [7, 11) is 0. The molecule has 0 bridgehead atoms. The molecule has 7 heteroatoms. The van der Waals surface area contributed by atoms with Gasteiger partial charge in [0.05, 0.1) is 10.7 Å². The first-order chi connectivity index (χ1) is 8.25. The Kier molecular flexibility index (Phi) is 2.93. The molecular formula is C11H10ClF3N2O. The standard InChI is InChI=1S/C11H10ClF3N2O/c12-7-5-6(1-2-8(7)16)9(18)17-10(3-4-10)11(13,14)15/h1-2,5H,3-4,16H2,(H,17,18). The summed E-state index contributed by atoms with van der Waals surface area (Å²) in [6.07, 6.45) is -4.61. The van der Waals surface area contributed by atoms with E-state index in [-0.39, 0.29) is 29.1 Å². The zero-order valence-corrected chi connectivity index (χ0v) is 9.90. The third-order valence-electron chi connectivity index (χ3n) is 2.91. The van der Waals surface area contributed by atoms with Crippen LogP contribution in [0.3, 0.4) is 0 Å². The number of rotatable bonds is 2.